The molecule has 0 saturated heterocycles. The number of rotatable bonds is 5. The van der Waals surface area contributed by atoms with E-state index in [1.54, 1.807) is 6.55 Å². The molecular weight excluding hydrogens is 787 g/mol. The number of fused-ring (bicyclic) bond motifs is 3. The van der Waals surface area contributed by atoms with Crippen molar-refractivity contribution in [3.8, 4) is 33.4 Å². The van der Waals surface area contributed by atoms with Gasteiger partial charge in [-0.1, -0.05) is 0 Å². The van der Waals surface area contributed by atoms with Crippen LogP contribution in [0.1, 0.15) is 97.1 Å². The molecule has 2 aliphatic carbocycles. The second kappa shape index (κ2) is 14.7. The van der Waals surface area contributed by atoms with Gasteiger partial charge in [0.15, 0.2) is 0 Å². The molecular formula is C52H62Cl2Zr. The van der Waals surface area contributed by atoms with Crippen LogP contribution >= 0.6 is 24.8 Å². The fraction of sp³-hybridized carbons (Fsp3) is 0.327. The summed E-state index contributed by atoms with van der Waals surface area (Å²) in [5, 5.41) is 0. The van der Waals surface area contributed by atoms with Crippen LogP contribution in [0.2, 0.25) is 4.63 Å². The number of hydrogen-bond acceptors (Lipinski definition) is 0. The van der Waals surface area contributed by atoms with Crippen molar-refractivity contribution in [3.05, 3.63) is 152 Å². The van der Waals surface area contributed by atoms with E-state index in [9.17, 15) is 0 Å². The molecule has 0 heterocycles. The first-order valence-corrected chi connectivity index (χ1v) is 27.6. The summed E-state index contributed by atoms with van der Waals surface area (Å²) >= 11 is -4.77. The van der Waals surface area contributed by atoms with Gasteiger partial charge in [-0.25, -0.2) is 0 Å². The second-order valence-electron chi connectivity index (χ2n) is 19.8. The van der Waals surface area contributed by atoms with E-state index in [4.69, 9.17) is 4.21 Å². The van der Waals surface area contributed by atoms with Crippen molar-refractivity contribution >= 4 is 35.6 Å². The molecule has 288 valence electrons. The van der Waals surface area contributed by atoms with Crippen molar-refractivity contribution in [2.45, 2.75) is 98.0 Å². The molecule has 5 aromatic rings. The SMILES string of the molecule is Cl.Cl.[CH2]=[Zr]([CH3])([C]1=CC(C(C)(C)C)=CC1C)([c]1ccc(C)cc1)[c]1c2c(cc(C(C)(C)C)c1-c1ccccc1)-c1cc(C(C)(C)C)c(-c3ccccc3)cc1C2. The summed E-state index contributed by atoms with van der Waals surface area (Å²) in [7, 11) is 0. The van der Waals surface area contributed by atoms with Gasteiger partial charge in [0.05, 0.1) is 0 Å². The standard InChI is InChI=1S/C33H33.C10H15.C7H7.CH3.CH2.2ClH.Zr/c1-32(2,3)30-20-26-24(18-28(30)22-13-9-7-10-14-22)17-25-19-29(23-15-11-8-12-16-23)31(21-27(25)26)33(4,5)6;1-8-5-6-9(7-8)10(2,3)4;1-7-5-3-2-4-6-7;;;;;/h7-16,18,20-21H,17H2,1-6H3;6-8H,1-4H3;3-6H,1H3;1H3;1H2;2*1H;. The first-order chi connectivity index (χ1) is 24.7. The van der Waals surface area contributed by atoms with Crippen LogP contribution in [0.15, 0.2) is 124 Å². The molecule has 0 N–H and O–H groups in total. The summed E-state index contributed by atoms with van der Waals surface area (Å²) in [6, 6.07) is 39.6. The Morgan fingerprint density at radius 1 is 0.618 bits per heavy atom. The molecule has 0 bridgehead atoms. The summed E-state index contributed by atoms with van der Waals surface area (Å²) in [4.78, 5) is 0. The third-order valence-electron chi connectivity index (χ3n) is 12.5. The van der Waals surface area contributed by atoms with Crippen LogP contribution in [0.3, 0.4) is 0 Å². The molecule has 2 aliphatic rings. The van der Waals surface area contributed by atoms with Gasteiger partial charge in [0.1, 0.15) is 0 Å². The summed E-state index contributed by atoms with van der Waals surface area (Å²) in [6.07, 6.45) is 6.08. The molecule has 55 heavy (non-hydrogen) atoms. The molecule has 3 heteroatoms. The van der Waals surface area contributed by atoms with Gasteiger partial charge >= 0.3 is 324 Å². The van der Waals surface area contributed by atoms with Crippen LogP contribution in [0.4, 0.5) is 0 Å². The van der Waals surface area contributed by atoms with Crippen LogP contribution in [-0.4, -0.2) is 4.21 Å². The minimum absolute atomic E-state index is 0. The average Bonchev–Trinajstić information content (AvgIpc) is 3.68. The third-order valence-corrected chi connectivity index (χ3v) is 27.1. The number of allylic oxidation sites excluding steroid dienone is 4. The Bertz CT molecular complexity index is 2370. The maximum absolute atomic E-state index is 5.80. The molecule has 5 aromatic carbocycles. The van der Waals surface area contributed by atoms with E-state index in [1.807, 2.05) is 0 Å². The topological polar surface area (TPSA) is 0 Å². The first-order valence-electron chi connectivity index (χ1n) is 19.8. The maximum atomic E-state index is 5.80. The van der Waals surface area contributed by atoms with Crippen molar-refractivity contribution < 1.29 is 18.3 Å². The quantitative estimate of drug-likeness (QED) is 0.162. The van der Waals surface area contributed by atoms with E-state index < -0.39 is 18.3 Å². The third kappa shape index (κ3) is 7.33. The van der Waals surface area contributed by atoms with Crippen LogP contribution < -0.4 is 6.54 Å². The molecule has 0 aliphatic heterocycles. The molecule has 0 amide bonds. The molecule has 0 saturated carbocycles. The van der Waals surface area contributed by atoms with Crippen molar-refractivity contribution in [1.29, 1.82) is 0 Å². The average molecular weight is 849 g/mol. The molecule has 0 radical (unpaired) electrons. The first kappa shape index (κ1) is 43.0. The summed E-state index contributed by atoms with van der Waals surface area (Å²) in [5.74, 6) is 0.303. The van der Waals surface area contributed by atoms with Crippen molar-refractivity contribution in [2.75, 3.05) is 0 Å². The van der Waals surface area contributed by atoms with E-state index in [0.717, 1.165) is 6.42 Å². The fourth-order valence-electron chi connectivity index (χ4n) is 9.54. The van der Waals surface area contributed by atoms with E-state index in [0.29, 0.717) is 5.92 Å². The van der Waals surface area contributed by atoms with Crippen molar-refractivity contribution in [1.82, 2.24) is 0 Å². The van der Waals surface area contributed by atoms with E-state index in [-0.39, 0.29) is 41.1 Å². The summed E-state index contributed by atoms with van der Waals surface area (Å²) in [5.41, 5.74) is 16.6. The van der Waals surface area contributed by atoms with Gasteiger partial charge in [0.2, 0.25) is 0 Å². The predicted octanol–water partition coefficient (Wildman–Crippen LogP) is 14.0. The molecule has 0 fully saturated rings. The Morgan fingerprint density at radius 2 is 1.15 bits per heavy atom. The molecule has 1 unspecified atom stereocenters. The Kier molecular flexibility index (Phi) is 11.5. The predicted molar refractivity (Wildman–Crippen MR) is 246 cm³/mol. The molecule has 1 atom stereocenters. The van der Waals surface area contributed by atoms with E-state index >= 15 is 0 Å². The summed E-state index contributed by atoms with van der Waals surface area (Å²) < 4.78 is 13.0. The Hall–Kier alpha value is -3.09. The molecule has 0 aromatic heterocycles. The van der Waals surface area contributed by atoms with Crippen molar-refractivity contribution in [3.63, 3.8) is 0 Å². The second-order valence-corrected chi connectivity index (χ2v) is 33.7. The molecule has 0 spiro atoms. The van der Waals surface area contributed by atoms with Gasteiger partial charge in [-0.2, -0.15) is 0 Å². The molecule has 0 nitrogen and oxygen atoms in total. The zero-order chi connectivity index (χ0) is 38.3. The minimum atomic E-state index is -4.77. The monoisotopic (exact) mass is 846 g/mol. The Labute approximate surface area is 346 Å². The number of halogens is 2. The van der Waals surface area contributed by atoms with Gasteiger partial charge in [0, 0.05) is 0 Å². The molecule has 7 rings (SSSR count). The van der Waals surface area contributed by atoms with Gasteiger partial charge in [-0.05, 0) is 0 Å². The van der Waals surface area contributed by atoms with Gasteiger partial charge in [-0.3, -0.25) is 0 Å². The van der Waals surface area contributed by atoms with Crippen LogP contribution in [0.5, 0.6) is 0 Å². The summed E-state index contributed by atoms with van der Waals surface area (Å²) in [6.45, 7) is 26.1. The van der Waals surface area contributed by atoms with Gasteiger partial charge in [-0.15, -0.1) is 24.8 Å². The van der Waals surface area contributed by atoms with Gasteiger partial charge in [0.25, 0.3) is 0 Å². The van der Waals surface area contributed by atoms with Crippen LogP contribution in [-0.2, 0) is 35.5 Å². The fourth-order valence-corrected chi connectivity index (χ4v) is 23.9. The van der Waals surface area contributed by atoms with Crippen molar-refractivity contribution in [2.24, 2.45) is 11.3 Å². The Morgan fingerprint density at radius 3 is 1.65 bits per heavy atom. The zero-order valence-corrected chi connectivity index (χ0v) is 39.4. The Balaban J connectivity index is 0.00000290. The number of hydrogen-bond donors (Lipinski definition) is 0. The number of aryl methyl sites for hydroxylation is 1. The van der Waals surface area contributed by atoms with Crippen LogP contribution in [0, 0.1) is 18.3 Å². The number of benzene rings is 5. The van der Waals surface area contributed by atoms with Crippen LogP contribution in [0.25, 0.3) is 33.4 Å². The van der Waals surface area contributed by atoms with E-state index in [2.05, 4.69) is 196 Å². The normalized spacial score (nSPS) is 15.7. The van der Waals surface area contributed by atoms with E-state index in [1.165, 1.54) is 70.0 Å². The zero-order valence-electron chi connectivity index (χ0n) is 35.3. The van der Waals surface area contributed by atoms with Gasteiger partial charge < -0.3 is 0 Å².